The zero-order valence-corrected chi connectivity index (χ0v) is 16.7. The highest BCUT2D eigenvalue weighted by Crippen LogP contribution is 2.15. The van der Waals surface area contributed by atoms with Crippen molar-refractivity contribution in [3.05, 3.63) is 64.1 Å². The Morgan fingerprint density at radius 3 is 2.31 bits per heavy atom. The Bertz CT molecular complexity index is 745. The van der Waals surface area contributed by atoms with E-state index in [4.69, 9.17) is 4.74 Å². The van der Waals surface area contributed by atoms with E-state index in [2.05, 4.69) is 21.2 Å². The molecule has 2 aromatic rings. The second kappa shape index (κ2) is 9.38. The average Bonchev–Trinajstić information content (AvgIpc) is 2.65. The number of amides is 2. The molecule has 0 saturated heterocycles. The van der Waals surface area contributed by atoms with Gasteiger partial charge in [0.15, 0.2) is 6.61 Å². The topological polar surface area (TPSA) is 58.6 Å². The number of ether oxygens (including phenoxy) is 1. The smallest absolute Gasteiger partial charge is 0.261 e. The van der Waals surface area contributed by atoms with Crippen molar-refractivity contribution in [1.29, 1.82) is 0 Å². The van der Waals surface area contributed by atoms with Crippen LogP contribution in [0.3, 0.4) is 0 Å². The van der Waals surface area contributed by atoms with E-state index in [-0.39, 0.29) is 18.4 Å². The van der Waals surface area contributed by atoms with E-state index in [1.807, 2.05) is 55.5 Å². The SMILES string of the molecule is CNC(=O)C(C)N(Cc1ccc(Br)cc1)C(=O)COc1ccc(C)cc1. The van der Waals surface area contributed by atoms with Gasteiger partial charge in [0.25, 0.3) is 5.91 Å². The van der Waals surface area contributed by atoms with Crippen LogP contribution in [0.4, 0.5) is 0 Å². The van der Waals surface area contributed by atoms with E-state index in [1.54, 1.807) is 14.0 Å². The van der Waals surface area contributed by atoms with Gasteiger partial charge < -0.3 is 15.0 Å². The van der Waals surface area contributed by atoms with Crippen LogP contribution in [0.5, 0.6) is 5.75 Å². The van der Waals surface area contributed by atoms with E-state index in [0.717, 1.165) is 15.6 Å². The third-order valence-electron chi connectivity index (χ3n) is 4.06. The van der Waals surface area contributed by atoms with Crippen LogP contribution in [0.25, 0.3) is 0 Å². The number of hydrogen-bond acceptors (Lipinski definition) is 3. The maximum absolute atomic E-state index is 12.7. The monoisotopic (exact) mass is 418 g/mol. The van der Waals surface area contributed by atoms with Gasteiger partial charge in [0.2, 0.25) is 5.91 Å². The van der Waals surface area contributed by atoms with Gasteiger partial charge in [0, 0.05) is 18.1 Å². The molecule has 0 aliphatic carbocycles. The fourth-order valence-corrected chi connectivity index (χ4v) is 2.70. The van der Waals surface area contributed by atoms with E-state index >= 15 is 0 Å². The van der Waals surface area contributed by atoms with Crippen LogP contribution in [0.1, 0.15) is 18.1 Å². The molecule has 0 aliphatic heterocycles. The summed E-state index contributed by atoms with van der Waals surface area (Å²) < 4.78 is 6.55. The van der Waals surface area contributed by atoms with Gasteiger partial charge in [0.05, 0.1) is 0 Å². The van der Waals surface area contributed by atoms with Crippen molar-refractivity contribution < 1.29 is 14.3 Å². The Labute approximate surface area is 162 Å². The summed E-state index contributed by atoms with van der Waals surface area (Å²) in [4.78, 5) is 26.3. The van der Waals surface area contributed by atoms with Gasteiger partial charge in [-0.2, -0.15) is 0 Å². The van der Waals surface area contributed by atoms with Crippen LogP contribution >= 0.6 is 15.9 Å². The molecule has 1 N–H and O–H groups in total. The number of aryl methyl sites for hydroxylation is 1. The molecular formula is C20H23BrN2O3. The number of halogens is 1. The number of hydrogen-bond donors (Lipinski definition) is 1. The summed E-state index contributed by atoms with van der Waals surface area (Å²) in [6.07, 6.45) is 0. The van der Waals surface area contributed by atoms with Crippen molar-refractivity contribution in [2.75, 3.05) is 13.7 Å². The highest BCUT2D eigenvalue weighted by molar-refractivity contribution is 9.10. The van der Waals surface area contributed by atoms with Crippen molar-refractivity contribution in [2.24, 2.45) is 0 Å². The lowest BCUT2D eigenvalue weighted by Crippen LogP contribution is -2.48. The molecule has 2 rings (SSSR count). The standard InChI is InChI=1S/C20H23BrN2O3/c1-14-4-10-18(11-5-14)26-13-19(24)23(15(2)20(25)22-3)12-16-6-8-17(21)9-7-16/h4-11,15H,12-13H2,1-3H3,(H,22,25). The number of nitrogens with zero attached hydrogens (tertiary/aromatic N) is 1. The van der Waals surface area contributed by atoms with E-state index in [9.17, 15) is 9.59 Å². The summed E-state index contributed by atoms with van der Waals surface area (Å²) >= 11 is 3.40. The first-order valence-electron chi connectivity index (χ1n) is 8.35. The molecule has 5 nitrogen and oxygen atoms in total. The minimum Gasteiger partial charge on any atom is -0.484 e. The number of rotatable bonds is 7. The minimum absolute atomic E-state index is 0.124. The molecule has 0 aromatic heterocycles. The first kappa shape index (κ1) is 20.0. The predicted molar refractivity (Wildman–Crippen MR) is 105 cm³/mol. The summed E-state index contributed by atoms with van der Waals surface area (Å²) in [6, 6.07) is 14.5. The first-order valence-corrected chi connectivity index (χ1v) is 9.15. The molecule has 0 fully saturated rings. The molecule has 26 heavy (non-hydrogen) atoms. The van der Waals surface area contributed by atoms with Gasteiger partial charge in [-0.25, -0.2) is 0 Å². The van der Waals surface area contributed by atoms with Gasteiger partial charge in [-0.1, -0.05) is 45.8 Å². The van der Waals surface area contributed by atoms with Crippen LogP contribution in [0.2, 0.25) is 0 Å². The van der Waals surface area contributed by atoms with Crippen molar-refractivity contribution >= 4 is 27.7 Å². The van der Waals surface area contributed by atoms with Gasteiger partial charge in [-0.05, 0) is 43.7 Å². The molecule has 0 radical (unpaired) electrons. The van der Waals surface area contributed by atoms with Crippen molar-refractivity contribution in [1.82, 2.24) is 10.2 Å². The molecule has 6 heteroatoms. The van der Waals surface area contributed by atoms with Crippen molar-refractivity contribution in [2.45, 2.75) is 26.4 Å². The number of carbonyl (C=O) groups excluding carboxylic acids is 2. The predicted octanol–water partition coefficient (Wildman–Crippen LogP) is 3.30. The summed E-state index contributed by atoms with van der Waals surface area (Å²) in [5.74, 6) is 0.163. The molecule has 0 saturated carbocycles. The third kappa shape index (κ3) is 5.59. The van der Waals surface area contributed by atoms with Gasteiger partial charge >= 0.3 is 0 Å². The normalized spacial score (nSPS) is 11.5. The average molecular weight is 419 g/mol. The maximum atomic E-state index is 12.7. The summed E-state index contributed by atoms with van der Waals surface area (Å²) in [5.41, 5.74) is 2.06. The molecule has 0 heterocycles. The molecule has 0 bridgehead atoms. The van der Waals surface area contributed by atoms with Crippen LogP contribution in [-0.2, 0) is 16.1 Å². The highest BCUT2D eigenvalue weighted by atomic mass is 79.9. The lowest BCUT2D eigenvalue weighted by molar-refractivity contribution is -0.142. The number of carbonyl (C=O) groups is 2. The first-order chi connectivity index (χ1) is 12.4. The van der Waals surface area contributed by atoms with E-state index in [1.165, 1.54) is 4.90 Å². The van der Waals surface area contributed by atoms with Crippen LogP contribution in [-0.4, -0.2) is 36.4 Å². The van der Waals surface area contributed by atoms with Gasteiger partial charge in [-0.15, -0.1) is 0 Å². The third-order valence-corrected chi connectivity index (χ3v) is 4.59. The maximum Gasteiger partial charge on any atom is 0.261 e. The molecule has 0 aliphatic rings. The molecule has 1 atom stereocenters. The Kier molecular flexibility index (Phi) is 7.21. The van der Waals surface area contributed by atoms with Crippen molar-refractivity contribution in [3.8, 4) is 5.75 Å². The van der Waals surface area contributed by atoms with Crippen molar-refractivity contribution in [3.63, 3.8) is 0 Å². The largest absolute Gasteiger partial charge is 0.484 e. The lowest BCUT2D eigenvalue weighted by Gasteiger charge is -2.28. The minimum atomic E-state index is -0.599. The number of benzene rings is 2. The Balaban J connectivity index is 2.10. The van der Waals surface area contributed by atoms with Crippen LogP contribution in [0.15, 0.2) is 53.0 Å². The molecule has 2 aromatic carbocycles. The number of nitrogens with one attached hydrogen (secondary N) is 1. The van der Waals surface area contributed by atoms with Gasteiger partial charge in [0.1, 0.15) is 11.8 Å². The summed E-state index contributed by atoms with van der Waals surface area (Å²) in [7, 11) is 1.56. The van der Waals surface area contributed by atoms with E-state index < -0.39 is 6.04 Å². The molecule has 138 valence electrons. The highest BCUT2D eigenvalue weighted by Gasteiger charge is 2.25. The summed E-state index contributed by atoms with van der Waals surface area (Å²) in [6.45, 7) is 3.90. The van der Waals surface area contributed by atoms with Crippen LogP contribution in [0, 0.1) is 6.92 Å². The Morgan fingerprint density at radius 2 is 1.73 bits per heavy atom. The fourth-order valence-electron chi connectivity index (χ4n) is 2.44. The van der Waals surface area contributed by atoms with Crippen LogP contribution < -0.4 is 10.1 Å². The fraction of sp³-hybridized carbons (Fsp3) is 0.300. The van der Waals surface area contributed by atoms with Gasteiger partial charge in [-0.3, -0.25) is 9.59 Å². The molecule has 2 amide bonds. The van der Waals surface area contributed by atoms with E-state index in [0.29, 0.717) is 12.3 Å². The quantitative estimate of drug-likeness (QED) is 0.750. The Hall–Kier alpha value is -2.34. The molecular weight excluding hydrogens is 396 g/mol. The molecule has 1 unspecified atom stereocenters. The number of likely N-dealkylation sites (N-methyl/N-ethyl adjacent to an activating group) is 1. The zero-order valence-electron chi connectivity index (χ0n) is 15.2. The summed E-state index contributed by atoms with van der Waals surface area (Å²) in [5, 5.41) is 2.59. The zero-order chi connectivity index (χ0) is 19.1. The second-order valence-electron chi connectivity index (χ2n) is 6.04. The Morgan fingerprint density at radius 1 is 1.12 bits per heavy atom. The second-order valence-corrected chi connectivity index (χ2v) is 6.96. The lowest BCUT2D eigenvalue weighted by atomic mass is 10.1. The molecule has 0 spiro atoms.